The molecule has 108 valence electrons. The lowest BCUT2D eigenvalue weighted by Gasteiger charge is -2.13. The summed E-state index contributed by atoms with van der Waals surface area (Å²) in [6.45, 7) is 4.22. The second-order valence-electron chi connectivity index (χ2n) is 5.37. The zero-order valence-electron chi connectivity index (χ0n) is 12.4. The number of aryl methyl sites for hydroxylation is 2. The van der Waals surface area contributed by atoms with E-state index in [1.807, 2.05) is 30.6 Å². The predicted molar refractivity (Wildman–Crippen MR) is 86.0 cm³/mol. The van der Waals surface area contributed by atoms with Crippen molar-refractivity contribution in [3.05, 3.63) is 66.3 Å². The summed E-state index contributed by atoms with van der Waals surface area (Å²) in [7, 11) is 0. The first-order chi connectivity index (χ1) is 10.8. The van der Waals surface area contributed by atoms with Crippen molar-refractivity contribution >= 4 is 11.1 Å². The number of para-hydroxylation sites is 2. The summed E-state index contributed by atoms with van der Waals surface area (Å²) in [6.07, 6.45) is 5.27. The van der Waals surface area contributed by atoms with E-state index < -0.39 is 0 Å². The van der Waals surface area contributed by atoms with Crippen LogP contribution in [0.5, 0.6) is 0 Å². The van der Waals surface area contributed by atoms with Gasteiger partial charge >= 0.3 is 0 Å². The third-order valence-corrected chi connectivity index (χ3v) is 3.92. The van der Waals surface area contributed by atoms with Crippen LogP contribution in [0.15, 0.2) is 59.6 Å². The first kappa shape index (κ1) is 12.8. The Morgan fingerprint density at radius 3 is 2.55 bits per heavy atom. The number of rotatable bonds is 2. The molecular formula is C18H15N3O. The quantitative estimate of drug-likeness (QED) is 0.552. The number of fused-ring (bicyclic) bond motifs is 1. The molecular weight excluding hydrogens is 274 g/mol. The Labute approximate surface area is 128 Å². The summed E-state index contributed by atoms with van der Waals surface area (Å²) in [4.78, 5) is 8.77. The third-order valence-electron chi connectivity index (χ3n) is 3.92. The van der Waals surface area contributed by atoms with Gasteiger partial charge in [-0.05, 0) is 37.1 Å². The van der Waals surface area contributed by atoms with Crippen LogP contribution in [0.4, 0.5) is 0 Å². The summed E-state index contributed by atoms with van der Waals surface area (Å²) in [6, 6.07) is 12.2. The van der Waals surface area contributed by atoms with Gasteiger partial charge in [0.15, 0.2) is 12.0 Å². The number of oxazole rings is 1. The maximum absolute atomic E-state index is 5.56. The number of imidazole rings is 1. The van der Waals surface area contributed by atoms with Gasteiger partial charge in [-0.25, -0.2) is 9.97 Å². The lowest BCUT2D eigenvalue weighted by Crippen LogP contribution is -2.01. The predicted octanol–water partition coefficient (Wildman–Crippen LogP) is 4.30. The van der Waals surface area contributed by atoms with Gasteiger partial charge in [-0.15, -0.1) is 0 Å². The first-order valence-corrected chi connectivity index (χ1v) is 7.18. The highest BCUT2D eigenvalue weighted by Crippen LogP contribution is 2.30. The van der Waals surface area contributed by atoms with Crippen molar-refractivity contribution in [2.75, 3.05) is 0 Å². The number of hydrogen-bond acceptors (Lipinski definition) is 3. The molecule has 0 aliphatic carbocycles. The Kier molecular flexibility index (Phi) is 2.82. The second kappa shape index (κ2) is 4.84. The average Bonchev–Trinajstić information content (AvgIpc) is 3.15. The second-order valence-corrected chi connectivity index (χ2v) is 5.37. The zero-order chi connectivity index (χ0) is 15.1. The fourth-order valence-electron chi connectivity index (χ4n) is 2.93. The van der Waals surface area contributed by atoms with Gasteiger partial charge in [0.1, 0.15) is 11.3 Å². The van der Waals surface area contributed by atoms with Crippen LogP contribution in [-0.2, 0) is 0 Å². The van der Waals surface area contributed by atoms with Crippen LogP contribution in [0.2, 0.25) is 0 Å². The maximum Gasteiger partial charge on any atom is 0.182 e. The lowest BCUT2D eigenvalue weighted by molar-refractivity contribution is 0.602. The lowest BCUT2D eigenvalue weighted by atomic mass is 10.1. The molecule has 4 aromatic rings. The van der Waals surface area contributed by atoms with Gasteiger partial charge in [0.2, 0.25) is 0 Å². The van der Waals surface area contributed by atoms with Crippen LogP contribution < -0.4 is 0 Å². The van der Waals surface area contributed by atoms with Gasteiger partial charge in [-0.2, -0.15) is 0 Å². The summed E-state index contributed by atoms with van der Waals surface area (Å²) in [5, 5.41) is 0. The van der Waals surface area contributed by atoms with Crippen LogP contribution in [0.3, 0.4) is 0 Å². The molecule has 22 heavy (non-hydrogen) atoms. The van der Waals surface area contributed by atoms with E-state index in [1.54, 1.807) is 0 Å². The average molecular weight is 289 g/mol. The SMILES string of the molecule is Cc1cccc(C)c1-n1ccnc1-c1cccc2ncoc12. The van der Waals surface area contributed by atoms with E-state index in [2.05, 4.69) is 46.6 Å². The summed E-state index contributed by atoms with van der Waals surface area (Å²) < 4.78 is 7.67. The van der Waals surface area contributed by atoms with Gasteiger partial charge in [-0.3, -0.25) is 4.57 Å². The topological polar surface area (TPSA) is 43.9 Å². The highest BCUT2D eigenvalue weighted by Gasteiger charge is 2.15. The smallest absolute Gasteiger partial charge is 0.182 e. The highest BCUT2D eigenvalue weighted by atomic mass is 16.3. The molecule has 0 fully saturated rings. The van der Waals surface area contributed by atoms with Crippen LogP contribution in [-0.4, -0.2) is 14.5 Å². The molecule has 0 aliphatic rings. The number of aromatic nitrogens is 3. The molecule has 0 amide bonds. The van der Waals surface area contributed by atoms with Crippen LogP contribution in [0.25, 0.3) is 28.2 Å². The molecule has 0 unspecified atom stereocenters. The molecule has 0 aliphatic heterocycles. The minimum absolute atomic E-state index is 0.765. The third kappa shape index (κ3) is 1.84. The van der Waals surface area contributed by atoms with Crippen molar-refractivity contribution in [3.8, 4) is 17.1 Å². The van der Waals surface area contributed by atoms with Crippen molar-refractivity contribution < 1.29 is 4.42 Å². The fraction of sp³-hybridized carbons (Fsp3) is 0.111. The molecule has 0 bridgehead atoms. The number of hydrogen-bond donors (Lipinski definition) is 0. The Bertz CT molecular complexity index is 945. The summed E-state index contributed by atoms with van der Waals surface area (Å²) in [5.74, 6) is 0.861. The van der Waals surface area contributed by atoms with Gasteiger partial charge < -0.3 is 4.42 Å². The first-order valence-electron chi connectivity index (χ1n) is 7.18. The van der Waals surface area contributed by atoms with E-state index >= 15 is 0 Å². The van der Waals surface area contributed by atoms with Gasteiger partial charge in [-0.1, -0.05) is 24.3 Å². The van der Waals surface area contributed by atoms with Crippen molar-refractivity contribution in [1.29, 1.82) is 0 Å². The van der Waals surface area contributed by atoms with E-state index in [-0.39, 0.29) is 0 Å². The molecule has 2 heterocycles. The molecule has 0 saturated carbocycles. The molecule has 2 aromatic heterocycles. The minimum Gasteiger partial charge on any atom is -0.443 e. The van der Waals surface area contributed by atoms with E-state index in [0.717, 1.165) is 28.2 Å². The van der Waals surface area contributed by atoms with Crippen molar-refractivity contribution in [3.63, 3.8) is 0 Å². The molecule has 4 rings (SSSR count). The van der Waals surface area contributed by atoms with Gasteiger partial charge in [0.05, 0.1) is 11.3 Å². The monoisotopic (exact) mass is 289 g/mol. The molecule has 2 aromatic carbocycles. The standard InChI is InChI=1S/C18H15N3O/c1-12-5-3-6-13(2)16(12)21-10-9-19-18(21)14-7-4-8-15-17(14)22-11-20-15/h3-11H,1-2H3. The molecule has 0 radical (unpaired) electrons. The Hall–Kier alpha value is -2.88. The van der Waals surface area contributed by atoms with E-state index in [1.165, 1.54) is 17.5 Å². The summed E-state index contributed by atoms with van der Waals surface area (Å²) in [5.41, 5.74) is 6.14. The highest BCUT2D eigenvalue weighted by molar-refractivity contribution is 5.88. The van der Waals surface area contributed by atoms with Crippen molar-refractivity contribution in [2.45, 2.75) is 13.8 Å². The van der Waals surface area contributed by atoms with E-state index in [0.29, 0.717) is 0 Å². The fourth-order valence-corrected chi connectivity index (χ4v) is 2.93. The van der Waals surface area contributed by atoms with E-state index in [9.17, 15) is 0 Å². The Morgan fingerprint density at radius 2 is 1.73 bits per heavy atom. The van der Waals surface area contributed by atoms with Crippen LogP contribution >= 0.6 is 0 Å². The molecule has 4 heteroatoms. The molecule has 0 N–H and O–H groups in total. The van der Waals surface area contributed by atoms with Crippen LogP contribution in [0.1, 0.15) is 11.1 Å². The van der Waals surface area contributed by atoms with Crippen molar-refractivity contribution in [1.82, 2.24) is 14.5 Å². The number of benzene rings is 2. The van der Waals surface area contributed by atoms with E-state index in [4.69, 9.17) is 4.42 Å². The normalized spacial score (nSPS) is 11.2. The van der Waals surface area contributed by atoms with Gasteiger partial charge in [0, 0.05) is 12.4 Å². The van der Waals surface area contributed by atoms with Crippen molar-refractivity contribution in [2.24, 2.45) is 0 Å². The Morgan fingerprint density at radius 1 is 0.955 bits per heavy atom. The summed E-state index contributed by atoms with van der Waals surface area (Å²) >= 11 is 0. The van der Waals surface area contributed by atoms with Crippen LogP contribution in [0, 0.1) is 13.8 Å². The Balaban J connectivity index is 2.00. The molecule has 0 spiro atoms. The largest absolute Gasteiger partial charge is 0.443 e. The maximum atomic E-state index is 5.56. The molecule has 0 saturated heterocycles. The zero-order valence-corrected chi connectivity index (χ0v) is 12.4. The number of nitrogens with zero attached hydrogens (tertiary/aromatic N) is 3. The van der Waals surface area contributed by atoms with Gasteiger partial charge in [0.25, 0.3) is 0 Å². The minimum atomic E-state index is 0.765. The molecule has 0 atom stereocenters. The molecule has 4 nitrogen and oxygen atoms in total.